The van der Waals surface area contributed by atoms with Gasteiger partial charge >= 0.3 is 0 Å². The number of likely N-dealkylation sites (tertiary alicyclic amines) is 1. The third-order valence-electron chi connectivity index (χ3n) is 3.95. The second kappa shape index (κ2) is 7.11. The van der Waals surface area contributed by atoms with Gasteiger partial charge in [0.2, 0.25) is 0 Å². The Kier molecular flexibility index (Phi) is 4.72. The molecule has 3 heteroatoms. The van der Waals surface area contributed by atoms with E-state index in [1.165, 1.54) is 12.8 Å². The molecule has 1 aliphatic rings. The SMILES string of the molecule is CN1CCC[C@H]1COc1cncc(C#Cc2ccccc2)c1. The first kappa shape index (κ1) is 14.6. The maximum Gasteiger partial charge on any atom is 0.138 e. The van der Waals surface area contributed by atoms with E-state index in [0.717, 1.165) is 23.4 Å². The molecule has 0 saturated carbocycles. The Bertz CT molecular complexity index is 673. The minimum atomic E-state index is 0.513. The number of hydrogen-bond acceptors (Lipinski definition) is 3. The molecule has 0 bridgehead atoms. The highest BCUT2D eigenvalue weighted by Gasteiger charge is 2.21. The minimum Gasteiger partial charge on any atom is -0.490 e. The Hall–Kier alpha value is -2.31. The zero-order valence-corrected chi connectivity index (χ0v) is 12.8. The van der Waals surface area contributed by atoms with Gasteiger partial charge < -0.3 is 9.64 Å². The van der Waals surface area contributed by atoms with Crippen LogP contribution in [0.1, 0.15) is 24.0 Å². The second-order valence-corrected chi connectivity index (χ2v) is 5.61. The highest BCUT2D eigenvalue weighted by Crippen LogP contribution is 2.17. The van der Waals surface area contributed by atoms with Crippen LogP contribution in [0.5, 0.6) is 5.75 Å². The number of nitrogens with zero attached hydrogens (tertiary/aromatic N) is 2. The largest absolute Gasteiger partial charge is 0.490 e. The van der Waals surface area contributed by atoms with Gasteiger partial charge in [-0.2, -0.15) is 0 Å². The third kappa shape index (κ3) is 3.87. The van der Waals surface area contributed by atoms with E-state index >= 15 is 0 Å². The van der Waals surface area contributed by atoms with E-state index in [-0.39, 0.29) is 0 Å². The molecule has 0 N–H and O–H groups in total. The first-order valence-corrected chi connectivity index (χ1v) is 7.66. The quantitative estimate of drug-likeness (QED) is 0.813. The molecule has 3 rings (SSSR count). The fraction of sp³-hybridized carbons (Fsp3) is 0.316. The van der Waals surface area contributed by atoms with Crippen molar-refractivity contribution in [1.29, 1.82) is 0 Å². The molecule has 0 spiro atoms. The molecule has 2 aromatic rings. The second-order valence-electron chi connectivity index (χ2n) is 5.61. The van der Waals surface area contributed by atoms with Crippen molar-refractivity contribution in [1.82, 2.24) is 9.88 Å². The average Bonchev–Trinajstić information content (AvgIpc) is 2.98. The summed E-state index contributed by atoms with van der Waals surface area (Å²) in [5.41, 5.74) is 1.88. The van der Waals surface area contributed by atoms with Crippen LogP contribution in [0, 0.1) is 11.8 Å². The molecule has 1 aromatic heterocycles. The molecule has 1 fully saturated rings. The van der Waals surface area contributed by atoms with Gasteiger partial charge in [0.05, 0.1) is 6.20 Å². The Morgan fingerprint density at radius 1 is 1.18 bits per heavy atom. The van der Waals surface area contributed by atoms with Crippen molar-refractivity contribution in [3.05, 3.63) is 59.9 Å². The average molecular weight is 292 g/mol. The Balaban J connectivity index is 1.64. The van der Waals surface area contributed by atoms with E-state index in [0.29, 0.717) is 12.6 Å². The van der Waals surface area contributed by atoms with Crippen LogP contribution >= 0.6 is 0 Å². The molecule has 1 atom stereocenters. The molecule has 112 valence electrons. The lowest BCUT2D eigenvalue weighted by atomic mass is 10.2. The summed E-state index contributed by atoms with van der Waals surface area (Å²) in [7, 11) is 2.15. The maximum absolute atomic E-state index is 5.88. The predicted octanol–water partition coefficient (Wildman–Crippen LogP) is 2.95. The van der Waals surface area contributed by atoms with Crippen LogP contribution in [0.25, 0.3) is 0 Å². The van der Waals surface area contributed by atoms with E-state index in [1.807, 2.05) is 36.4 Å². The number of likely N-dealkylation sites (N-methyl/N-ethyl adjacent to an activating group) is 1. The molecule has 22 heavy (non-hydrogen) atoms. The van der Waals surface area contributed by atoms with Crippen molar-refractivity contribution >= 4 is 0 Å². The standard InChI is InChI=1S/C19H20N2O/c1-21-11-5-8-18(21)15-22-19-12-17(13-20-14-19)10-9-16-6-3-2-4-7-16/h2-4,6-7,12-14,18H,5,8,11,15H2,1H3/t18-/m0/s1. The summed E-state index contributed by atoms with van der Waals surface area (Å²) in [6.45, 7) is 1.88. The third-order valence-corrected chi connectivity index (χ3v) is 3.95. The molecule has 1 aromatic carbocycles. The normalized spacial score (nSPS) is 17.8. The van der Waals surface area contributed by atoms with E-state index in [9.17, 15) is 0 Å². The van der Waals surface area contributed by atoms with Gasteiger partial charge in [0.25, 0.3) is 0 Å². The van der Waals surface area contributed by atoms with Crippen LogP contribution in [-0.4, -0.2) is 36.1 Å². The van der Waals surface area contributed by atoms with Gasteiger partial charge in [-0.1, -0.05) is 30.0 Å². The lowest BCUT2D eigenvalue weighted by Crippen LogP contribution is -2.30. The smallest absolute Gasteiger partial charge is 0.138 e. The highest BCUT2D eigenvalue weighted by molar-refractivity contribution is 5.43. The number of aromatic nitrogens is 1. The number of rotatable bonds is 3. The van der Waals surface area contributed by atoms with Crippen molar-refractivity contribution in [3.63, 3.8) is 0 Å². The van der Waals surface area contributed by atoms with Crippen molar-refractivity contribution < 1.29 is 4.74 Å². The zero-order chi connectivity index (χ0) is 15.2. The zero-order valence-electron chi connectivity index (χ0n) is 12.8. The molecule has 3 nitrogen and oxygen atoms in total. The molecule has 0 amide bonds. The lowest BCUT2D eigenvalue weighted by Gasteiger charge is -2.19. The molecule has 2 heterocycles. The molecule has 0 aliphatic carbocycles. The fourth-order valence-electron chi connectivity index (χ4n) is 2.61. The van der Waals surface area contributed by atoms with Crippen LogP contribution in [0.4, 0.5) is 0 Å². The Labute approximate surface area is 131 Å². The first-order valence-electron chi connectivity index (χ1n) is 7.66. The van der Waals surface area contributed by atoms with E-state index in [1.54, 1.807) is 12.4 Å². The van der Waals surface area contributed by atoms with E-state index < -0.39 is 0 Å². The Morgan fingerprint density at radius 2 is 2.00 bits per heavy atom. The number of pyridine rings is 1. The topological polar surface area (TPSA) is 25.4 Å². The molecule has 1 saturated heterocycles. The number of ether oxygens (including phenoxy) is 1. The van der Waals surface area contributed by atoms with E-state index in [2.05, 4.69) is 28.8 Å². The van der Waals surface area contributed by atoms with Crippen LogP contribution in [0.2, 0.25) is 0 Å². The van der Waals surface area contributed by atoms with Crippen LogP contribution in [-0.2, 0) is 0 Å². The van der Waals surface area contributed by atoms with Gasteiger partial charge in [-0.3, -0.25) is 4.98 Å². The Morgan fingerprint density at radius 3 is 2.77 bits per heavy atom. The van der Waals surface area contributed by atoms with Crippen molar-refractivity contribution in [3.8, 4) is 17.6 Å². The van der Waals surface area contributed by atoms with Crippen molar-refractivity contribution in [2.75, 3.05) is 20.2 Å². The maximum atomic E-state index is 5.88. The summed E-state index contributed by atoms with van der Waals surface area (Å²) in [5.74, 6) is 7.07. The van der Waals surface area contributed by atoms with Gasteiger partial charge in [0.1, 0.15) is 12.4 Å². The van der Waals surface area contributed by atoms with Crippen LogP contribution < -0.4 is 4.74 Å². The van der Waals surface area contributed by atoms with Crippen molar-refractivity contribution in [2.24, 2.45) is 0 Å². The lowest BCUT2D eigenvalue weighted by molar-refractivity contribution is 0.198. The van der Waals surface area contributed by atoms with Crippen molar-refractivity contribution in [2.45, 2.75) is 18.9 Å². The fourth-order valence-corrected chi connectivity index (χ4v) is 2.61. The summed E-state index contributed by atoms with van der Waals surface area (Å²) in [6, 6.07) is 12.4. The summed E-state index contributed by atoms with van der Waals surface area (Å²) in [5, 5.41) is 0. The van der Waals surface area contributed by atoms with Crippen LogP contribution in [0.3, 0.4) is 0 Å². The summed E-state index contributed by atoms with van der Waals surface area (Å²) in [4.78, 5) is 6.57. The monoisotopic (exact) mass is 292 g/mol. The number of benzene rings is 1. The van der Waals surface area contributed by atoms with Gasteiger partial charge in [0.15, 0.2) is 0 Å². The summed E-state index contributed by atoms with van der Waals surface area (Å²) in [6.07, 6.45) is 5.98. The predicted molar refractivity (Wildman–Crippen MR) is 87.8 cm³/mol. The van der Waals surface area contributed by atoms with E-state index in [4.69, 9.17) is 4.74 Å². The van der Waals surface area contributed by atoms with Crippen LogP contribution in [0.15, 0.2) is 48.8 Å². The van der Waals surface area contributed by atoms with Gasteiger partial charge in [0, 0.05) is 23.4 Å². The first-order chi connectivity index (χ1) is 10.8. The van der Waals surface area contributed by atoms with Gasteiger partial charge in [-0.15, -0.1) is 0 Å². The number of hydrogen-bond donors (Lipinski definition) is 0. The summed E-state index contributed by atoms with van der Waals surface area (Å²) < 4.78 is 5.88. The molecule has 1 aliphatic heterocycles. The summed E-state index contributed by atoms with van der Waals surface area (Å²) >= 11 is 0. The molecular formula is C19H20N2O. The van der Waals surface area contributed by atoms with Gasteiger partial charge in [-0.25, -0.2) is 0 Å². The molecule has 0 unspecified atom stereocenters. The van der Waals surface area contributed by atoms with Gasteiger partial charge in [-0.05, 0) is 44.6 Å². The highest BCUT2D eigenvalue weighted by atomic mass is 16.5. The molecular weight excluding hydrogens is 272 g/mol. The molecule has 0 radical (unpaired) electrons. The minimum absolute atomic E-state index is 0.513.